The van der Waals surface area contributed by atoms with Gasteiger partial charge in [-0.2, -0.15) is 0 Å². The lowest BCUT2D eigenvalue weighted by molar-refractivity contribution is 0.183. The van der Waals surface area contributed by atoms with Crippen LogP contribution in [0, 0.1) is 23.7 Å². The van der Waals surface area contributed by atoms with E-state index in [-0.39, 0.29) is 0 Å². The molecule has 2 aromatic carbocycles. The monoisotopic (exact) mass is 454 g/mol. The van der Waals surface area contributed by atoms with E-state index in [1.54, 1.807) is 11.1 Å². The summed E-state index contributed by atoms with van der Waals surface area (Å²) in [5.74, 6) is 4.43. The SMILES string of the molecule is C=CC1CCC(c2ccc(-c3ccc4c(c3)CCC(C3CCC(CCCC)CC3)C4)cc2)CC1. The number of fused-ring (bicyclic) bond motifs is 1. The zero-order valence-electron chi connectivity index (χ0n) is 21.6. The van der Waals surface area contributed by atoms with Gasteiger partial charge in [0.15, 0.2) is 0 Å². The number of hydrogen-bond acceptors (Lipinski definition) is 0. The van der Waals surface area contributed by atoms with Crippen molar-refractivity contribution in [3.05, 3.63) is 71.8 Å². The summed E-state index contributed by atoms with van der Waals surface area (Å²) in [5, 5.41) is 0. The van der Waals surface area contributed by atoms with E-state index in [9.17, 15) is 0 Å². The van der Waals surface area contributed by atoms with Crippen molar-refractivity contribution in [3.8, 4) is 11.1 Å². The van der Waals surface area contributed by atoms with Crippen LogP contribution in [-0.2, 0) is 12.8 Å². The molecular weight excluding hydrogens is 408 g/mol. The summed E-state index contributed by atoms with van der Waals surface area (Å²) in [6.45, 7) is 6.33. The molecule has 2 saturated carbocycles. The minimum atomic E-state index is 0.742. The highest BCUT2D eigenvalue weighted by Crippen LogP contribution is 2.42. The molecule has 0 nitrogen and oxygen atoms in total. The maximum Gasteiger partial charge on any atom is -0.0162 e. The van der Waals surface area contributed by atoms with E-state index >= 15 is 0 Å². The fourth-order valence-corrected chi connectivity index (χ4v) is 7.44. The van der Waals surface area contributed by atoms with Crippen LogP contribution >= 0.6 is 0 Å². The minimum absolute atomic E-state index is 0.742. The smallest absolute Gasteiger partial charge is 0.0162 e. The zero-order chi connectivity index (χ0) is 23.3. The van der Waals surface area contributed by atoms with E-state index in [0.717, 1.165) is 29.6 Å². The molecule has 34 heavy (non-hydrogen) atoms. The topological polar surface area (TPSA) is 0 Å². The van der Waals surface area contributed by atoms with Crippen molar-refractivity contribution in [2.45, 2.75) is 103 Å². The van der Waals surface area contributed by atoms with Crippen LogP contribution in [0.1, 0.15) is 107 Å². The molecule has 2 fully saturated rings. The molecular formula is C34H46. The van der Waals surface area contributed by atoms with E-state index in [0.29, 0.717) is 0 Å². The normalized spacial score (nSPS) is 29.4. The fraction of sp³-hybridized carbons (Fsp3) is 0.588. The first kappa shape index (κ1) is 23.9. The Morgan fingerprint density at radius 2 is 1.50 bits per heavy atom. The summed E-state index contributed by atoms with van der Waals surface area (Å²) in [7, 11) is 0. The number of rotatable bonds is 7. The first-order valence-corrected chi connectivity index (χ1v) is 14.6. The Morgan fingerprint density at radius 1 is 0.765 bits per heavy atom. The summed E-state index contributed by atoms with van der Waals surface area (Å²) in [4.78, 5) is 0. The molecule has 0 aromatic heterocycles. The highest BCUT2D eigenvalue weighted by molar-refractivity contribution is 5.65. The second kappa shape index (κ2) is 11.3. The maximum absolute atomic E-state index is 4.00. The van der Waals surface area contributed by atoms with Gasteiger partial charge in [0, 0.05) is 0 Å². The van der Waals surface area contributed by atoms with Gasteiger partial charge < -0.3 is 0 Å². The van der Waals surface area contributed by atoms with Crippen molar-refractivity contribution in [1.82, 2.24) is 0 Å². The summed E-state index contributed by atoms with van der Waals surface area (Å²) < 4.78 is 0. The summed E-state index contributed by atoms with van der Waals surface area (Å²) in [6.07, 6.45) is 21.7. The molecule has 0 bridgehead atoms. The summed E-state index contributed by atoms with van der Waals surface area (Å²) in [5.41, 5.74) is 7.60. The predicted octanol–water partition coefficient (Wildman–Crippen LogP) is 9.91. The Labute approximate surface area is 209 Å². The molecule has 0 spiro atoms. The van der Waals surface area contributed by atoms with Crippen molar-refractivity contribution >= 4 is 0 Å². The first-order chi connectivity index (χ1) is 16.7. The summed E-state index contributed by atoms with van der Waals surface area (Å²) in [6, 6.07) is 16.9. The molecule has 0 heteroatoms. The number of benzene rings is 2. The predicted molar refractivity (Wildman–Crippen MR) is 147 cm³/mol. The van der Waals surface area contributed by atoms with Gasteiger partial charge in [-0.15, -0.1) is 6.58 Å². The molecule has 3 aliphatic rings. The molecule has 0 radical (unpaired) electrons. The van der Waals surface area contributed by atoms with Gasteiger partial charge in [-0.25, -0.2) is 0 Å². The standard InChI is InChI=1S/C34H46/c1-3-5-6-26-9-13-29(14-10-26)31-19-21-34-24-32(20-22-33(34)23-31)30-17-15-28(16-18-30)27-11-7-25(4-2)8-12-27/h4,15-18,20,22,24-27,29,31H,2-3,5-14,19,21,23H2,1H3. The van der Waals surface area contributed by atoms with Crippen molar-refractivity contribution < 1.29 is 0 Å². The van der Waals surface area contributed by atoms with E-state index < -0.39 is 0 Å². The lowest BCUT2D eigenvalue weighted by Crippen LogP contribution is -2.26. The van der Waals surface area contributed by atoms with Gasteiger partial charge in [-0.1, -0.05) is 87.6 Å². The van der Waals surface area contributed by atoms with E-state index in [4.69, 9.17) is 0 Å². The van der Waals surface area contributed by atoms with Crippen molar-refractivity contribution in [1.29, 1.82) is 0 Å². The van der Waals surface area contributed by atoms with Gasteiger partial charge in [0.05, 0.1) is 0 Å². The molecule has 0 saturated heterocycles. The molecule has 1 atom stereocenters. The lowest BCUT2D eigenvalue weighted by atomic mass is 9.69. The van der Waals surface area contributed by atoms with E-state index in [1.807, 2.05) is 0 Å². The molecule has 0 aliphatic heterocycles. The van der Waals surface area contributed by atoms with Crippen LogP contribution in [0.3, 0.4) is 0 Å². The Morgan fingerprint density at radius 3 is 2.21 bits per heavy atom. The van der Waals surface area contributed by atoms with Gasteiger partial charge in [0.2, 0.25) is 0 Å². The van der Waals surface area contributed by atoms with Crippen LogP contribution in [0.15, 0.2) is 55.1 Å². The van der Waals surface area contributed by atoms with Gasteiger partial charge in [-0.3, -0.25) is 0 Å². The molecule has 0 amide bonds. The maximum atomic E-state index is 4.00. The van der Waals surface area contributed by atoms with Crippen LogP contribution in [-0.4, -0.2) is 0 Å². The average molecular weight is 455 g/mol. The van der Waals surface area contributed by atoms with Crippen molar-refractivity contribution in [3.63, 3.8) is 0 Å². The molecule has 1 unspecified atom stereocenters. The number of unbranched alkanes of at least 4 members (excludes halogenated alkanes) is 1. The van der Waals surface area contributed by atoms with E-state index in [1.165, 1.54) is 107 Å². The van der Waals surface area contributed by atoms with Gasteiger partial charge in [0.25, 0.3) is 0 Å². The van der Waals surface area contributed by atoms with Crippen LogP contribution < -0.4 is 0 Å². The molecule has 3 aliphatic carbocycles. The van der Waals surface area contributed by atoms with E-state index in [2.05, 4.69) is 62.0 Å². The van der Waals surface area contributed by atoms with Gasteiger partial charge in [-0.05, 0) is 115 Å². The third kappa shape index (κ3) is 5.53. The zero-order valence-corrected chi connectivity index (χ0v) is 21.6. The molecule has 0 heterocycles. The number of aryl methyl sites for hydroxylation is 1. The minimum Gasteiger partial charge on any atom is -0.103 e. The Balaban J connectivity index is 1.18. The van der Waals surface area contributed by atoms with Crippen LogP contribution in [0.25, 0.3) is 11.1 Å². The molecule has 182 valence electrons. The number of allylic oxidation sites excluding steroid dienone is 1. The quantitative estimate of drug-likeness (QED) is 0.365. The van der Waals surface area contributed by atoms with Gasteiger partial charge in [0.1, 0.15) is 0 Å². The second-order valence-corrected chi connectivity index (χ2v) is 11.9. The molecule has 2 aromatic rings. The molecule has 5 rings (SSSR count). The molecule has 0 N–H and O–H groups in total. The van der Waals surface area contributed by atoms with Crippen LogP contribution in [0.2, 0.25) is 0 Å². The average Bonchev–Trinajstić information content (AvgIpc) is 2.92. The Hall–Kier alpha value is -1.82. The highest BCUT2D eigenvalue weighted by atomic mass is 14.4. The van der Waals surface area contributed by atoms with Crippen molar-refractivity contribution in [2.75, 3.05) is 0 Å². The lowest BCUT2D eigenvalue weighted by Gasteiger charge is -2.36. The summed E-state index contributed by atoms with van der Waals surface area (Å²) >= 11 is 0. The Bertz CT molecular complexity index is 919. The fourth-order valence-electron chi connectivity index (χ4n) is 7.44. The first-order valence-electron chi connectivity index (χ1n) is 14.6. The highest BCUT2D eigenvalue weighted by Gasteiger charge is 2.30. The Kier molecular flexibility index (Phi) is 7.93. The second-order valence-electron chi connectivity index (χ2n) is 11.9. The van der Waals surface area contributed by atoms with Crippen LogP contribution in [0.4, 0.5) is 0 Å². The van der Waals surface area contributed by atoms with Crippen LogP contribution in [0.5, 0.6) is 0 Å². The number of hydrogen-bond donors (Lipinski definition) is 0. The largest absolute Gasteiger partial charge is 0.103 e. The van der Waals surface area contributed by atoms with Gasteiger partial charge >= 0.3 is 0 Å². The third-order valence-electron chi connectivity index (χ3n) is 9.82. The third-order valence-corrected chi connectivity index (χ3v) is 9.82. The van der Waals surface area contributed by atoms with Crippen molar-refractivity contribution in [2.24, 2.45) is 23.7 Å².